The van der Waals surface area contributed by atoms with Gasteiger partial charge in [-0.2, -0.15) is 0 Å². The van der Waals surface area contributed by atoms with Crippen molar-refractivity contribution in [1.29, 1.82) is 0 Å². The Morgan fingerprint density at radius 1 is 1.47 bits per heavy atom. The highest BCUT2D eigenvalue weighted by molar-refractivity contribution is 5.77. The van der Waals surface area contributed by atoms with Crippen molar-refractivity contribution in [3.8, 4) is 0 Å². The Morgan fingerprint density at radius 3 is 3.18 bits per heavy atom. The van der Waals surface area contributed by atoms with Crippen LogP contribution in [0.5, 0.6) is 0 Å². The monoisotopic (exact) mass is 235 g/mol. The number of aromatic nitrogens is 2. The minimum absolute atomic E-state index is 0.105. The molecule has 0 spiro atoms. The van der Waals surface area contributed by atoms with Gasteiger partial charge in [-0.3, -0.25) is 4.79 Å². The average Bonchev–Trinajstić information content (AvgIpc) is 2.55. The van der Waals surface area contributed by atoms with Crippen LogP contribution in [0.3, 0.4) is 0 Å². The van der Waals surface area contributed by atoms with E-state index in [0.29, 0.717) is 19.5 Å². The van der Waals surface area contributed by atoms with Crippen molar-refractivity contribution < 1.29 is 4.79 Å². The van der Waals surface area contributed by atoms with Crippen LogP contribution in [0.25, 0.3) is 0 Å². The Labute approximate surface area is 100 Å². The summed E-state index contributed by atoms with van der Waals surface area (Å²) in [6, 6.07) is 1.92. The Balaban J connectivity index is 2.09. The molecule has 1 aromatic rings. The summed E-state index contributed by atoms with van der Waals surface area (Å²) in [6.07, 6.45) is 2.06. The van der Waals surface area contributed by atoms with Gasteiger partial charge in [0.05, 0.1) is 0 Å². The molecule has 1 aliphatic heterocycles. The van der Waals surface area contributed by atoms with Crippen LogP contribution in [0.4, 0.5) is 11.6 Å². The maximum absolute atomic E-state index is 11.2. The minimum atomic E-state index is 0.105. The number of rotatable bonds is 3. The molecule has 17 heavy (non-hydrogen) atoms. The number of nitrogens with one attached hydrogen (secondary N) is 2. The third-order valence-corrected chi connectivity index (χ3v) is 2.65. The molecule has 0 aromatic carbocycles. The quantitative estimate of drug-likeness (QED) is 0.785. The van der Waals surface area contributed by atoms with Crippen LogP contribution >= 0.6 is 0 Å². The zero-order valence-corrected chi connectivity index (χ0v) is 9.94. The summed E-state index contributed by atoms with van der Waals surface area (Å²) in [7, 11) is 0. The number of nitrogens with zero attached hydrogens (tertiary/aromatic N) is 3. The van der Waals surface area contributed by atoms with E-state index in [9.17, 15) is 4.79 Å². The topological polar surface area (TPSA) is 70.2 Å². The molecule has 1 aliphatic rings. The first-order valence-electron chi connectivity index (χ1n) is 5.87. The highest BCUT2D eigenvalue weighted by atomic mass is 16.1. The van der Waals surface area contributed by atoms with Crippen LogP contribution in [0.1, 0.15) is 13.3 Å². The minimum Gasteiger partial charge on any atom is -0.370 e. The van der Waals surface area contributed by atoms with E-state index < -0.39 is 0 Å². The molecule has 0 radical (unpaired) electrons. The summed E-state index contributed by atoms with van der Waals surface area (Å²) in [5, 5.41) is 6.00. The molecular formula is C11H17N5O. The normalized spacial score (nSPS) is 16.3. The van der Waals surface area contributed by atoms with Crippen LogP contribution in [-0.2, 0) is 4.79 Å². The lowest BCUT2D eigenvalue weighted by Gasteiger charge is -2.20. The zero-order valence-electron chi connectivity index (χ0n) is 9.94. The molecule has 92 valence electrons. The molecule has 0 aliphatic carbocycles. The maximum atomic E-state index is 11.2. The molecule has 1 fully saturated rings. The van der Waals surface area contributed by atoms with Gasteiger partial charge in [-0.25, -0.2) is 9.97 Å². The third kappa shape index (κ3) is 3.05. The van der Waals surface area contributed by atoms with Crippen molar-refractivity contribution >= 4 is 17.5 Å². The lowest BCUT2D eigenvalue weighted by molar-refractivity contribution is -0.120. The Bertz CT molecular complexity index is 395. The standard InChI is InChI=1S/C11H17N5O/c1-2-12-9-7-10(15-8-14-9)16-5-3-11(17)13-4-6-16/h7-8H,2-6H2,1H3,(H,13,17)(H,12,14,15). The molecule has 2 rings (SSSR count). The van der Waals surface area contributed by atoms with Gasteiger partial charge in [0.15, 0.2) is 0 Å². The van der Waals surface area contributed by atoms with Gasteiger partial charge < -0.3 is 15.5 Å². The maximum Gasteiger partial charge on any atom is 0.221 e. The molecule has 0 bridgehead atoms. The van der Waals surface area contributed by atoms with Crippen LogP contribution in [-0.4, -0.2) is 42.1 Å². The fourth-order valence-electron chi connectivity index (χ4n) is 1.79. The molecule has 2 heterocycles. The van der Waals surface area contributed by atoms with Crippen molar-refractivity contribution in [2.45, 2.75) is 13.3 Å². The lowest BCUT2D eigenvalue weighted by Crippen LogP contribution is -2.29. The Hall–Kier alpha value is -1.85. The second-order valence-electron chi connectivity index (χ2n) is 3.88. The van der Waals surface area contributed by atoms with E-state index in [1.54, 1.807) is 6.33 Å². The van der Waals surface area contributed by atoms with E-state index in [1.807, 2.05) is 13.0 Å². The van der Waals surface area contributed by atoms with Gasteiger partial charge in [0.1, 0.15) is 18.0 Å². The number of amides is 1. The smallest absolute Gasteiger partial charge is 0.221 e. The first-order valence-corrected chi connectivity index (χ1v) is 5.87. The van der Waals surface area contributed by atoms with Crippen molar-refractivity contribution in [3.63, 3.8) is 0 Å². The van der Waals surface area contributed by atoms with Crippen LogP contribution in [0.15, 0.2) is 12.4 Å². The van der Waals surface area contributed by atoms with Crippen molar-refractivity contribution in [1.82, 2.24) is 15.3 Å². The Kier molecular flexibility index (Phi) is 3.74. The van der Waals surface area contributed by atoms with E-state index in [1.165, 1.54) is 0 Å². The van der Waals surface area contributed by atoms with Gasteiger partial charge in [-0.1, -0.05) is 0 Å². The molecule has 0 saturated carbocycles. The van der Waals surface area contributed by atoms with Gasteiger partial charge in [-0.15, -0.1) is 0 Å². The molecule has 1 aromatic heterocycles. The Morgan fingerprint density at radius 2 is 2.35 bits per heavy atom. The van der Waals surface area contributed by atoms with Gasteiger partial charge >= 0.3 is 0 Å². The highest BCUT2D eigenvalue weighted by Crippen LogP contribution is 2.14. The summed E-state index contributed by atoms with van der Waals surface area (Å²) >= 11 is 0. The largest absolute Gasteiger partial charge is 0.370 e. The number of hydrogen-bond donors (Lipinski definition) is 2. The highest BCUT2D eigenvalue weighted by Gasteiger charge is 2.14. The fourth-order valence-corrected chi connectivity index (χ4v) is 1.79. The molecule has 1 amide bonds. The summed E-state index contributed by atoms with van der Waals surface area (Å²) in [5.74, 6) is 1.79. The van der Waals surface area contributed by atoms with E-state index in [-0.39, 0.29) is 5.91 Å². The lowest BCUT2D eigenvalue weighted by atomic mass is 10.3. The predicted molar refractivity (Wildman–Crippen MR) is 66.0 cm³/mol. The SMILES string of the molecule is CCNc1cc(N2CCNC(=O)CC2)ncn1. The summed E-state index contributed by atoms with van der Waals surface area (Å²) in [4.78, 5) is 21.7. The van der Waals surface area contributed by atoms with Crippen molar-refractivity contribution in [3.05, 3.63) is 12.4 Å². The van der Waals surface area contributed by atoms with Crippen LogP contribution in [0.2, 0.25) is 0 Å². The number of carbonyl (C=O) groups is 1. The summed E-state index contributed by atoms with van der Waals surface area (Å²) in [6.45, 7) is 5.01. The third-order valence-electron chi connectivity index (χ3n) is 2.65. The average molecular weight is 235 g/mol. The van der Waals surface area contributed by atoms with E-state index in [0.717, 1.165) is 24.7 Å². The second kappa shape index (κ2) is 5.47. The van der Waals surface area contributed by atoms with Crippen LogP contribution < -0.4 is 15.5 Å². The summed E-state index contributed by atoms with van der Waals surface area (Å²) in [5.41, 5.74) is 0. The van der Waals surface area contributed by atoms with Gasteiger partial charge in [0.2, 0.25) is 5.91 Å². The van der Waals surface area contributed by atoms with Crippen molar-refractivity contribution in [2.75, 3.05) is 36.4 Å². The summed E-state index contributed by atoms with van der Waals surface area (Å²) < 4.78 is 0. The van der Waals surface area contributed by atoms with Gasteiger partial charge in [-0.05, 0) is 6.92 Å². The molecular weight excluding hydrogens is 218 g/mol. The number of carbonyl (C=O) groups excluding carboxylic acids is 1. The van der Waals surface area contributed by atoms with E-state index in [2.05, 4.69) is 25.5 Å². The van der Waals surface area contributed by atoms with E-state index in [4.69, 9.17) is 0 Å². The number of hydrogen-bond acceptors (Lipinski definition) is 5. The number of anilines is 2. The first kappa shape index (κ1) is 11.6. The molecule has 0 unspecified atom stereocenters. The second-order valence-corrected chi connectivity index (χ2v) is 3.88. The van der Waals surface area contributed by atoms with E-state index >= 15 is 0 Å². The van der Waals surface area contributed by atoms with Gasteiger partial charge in [0.25, 0.3) is 0 Å². The predicted octanol–water partition coefficient (Wildman–Crippen LogP) is 0.235. The fraction of sp³-hybridized carbons (Fsp3) is 0.545. The van der Waals surface area contributed by atoms with Gasteiger partial charge in [0, 0.05) is 38.7 Å². The molecule has 6 nitrogen and oxygen atoms in total. The zero-order chi connectivity index (χ0) is 12.1. The van der Waals surface area contributed by atoms with Crippen LogP contribution in [0, 0.1) is 0 Å². The van der Waals surface area contributed by atoms with Crippen molar-refractivity contribution in [2.24, 2.45) is 0 Å². The molecule has 1 saturated heterocycles. The molecule has 0 atom stereocenters. The first-order chi connectivity index (χ1) is 8.29. The molecule has 2 N–H and O–H groups in total. The molecule has 6 heteroatoms.